The molecule has 1 aliphatic heterocycles. The Morgan fingerprint density at radius 3 is 2.96 bits per heavy atom. The predicted molar refractivity (Wildman–Crippen MR) is 93.8 cm³/mol. The second-order valence-corrected chi connectivity index (χ2v) is 6.42. The molecule has 0 radical (unpaired) electrons. The maximum absolute atomic E-state index is 12.2. The first-order valence-corrected chi connectivity index (χ1v) is 8.45. The topological polar surface area (TPSA) is 76.2 Å². The van der Waals surface area contributed by atoms with E-state index in [1.807, 2.05) is 36.1 Å². The van der Waals surface area contributed by atoms with Gasteiger partial charge in [-0.3, -0.25) is 9.69 Å². The average Bonchev–Trinajstić information content (AvgIpc) is 3.15. The van der Waals surface area contributed by atoms with Gasteiger partial charge >= 0.3 is 0 Å². The summed E-state index contributed by atoms with van der Waals surface area (Å²) >= 11 is 0. The van der Waals surface area contributed by atoms with Crippen molar-refractivity contribution >= 4 is 5.91 Å². The van der Waals surface area contributed by atoms with Crippen LogP contribution in [0.3, 0.4) is 0 Å². The minimum atomic E-state index is -0.151. The fourth-order valence-corrected chi connectivity index (χ4v) is 3.31. The van der Waals surface area contributed by atoms with E-state index in [1.165, 1.54) is 5.56 Å². The van der Waals surface area contributed by atoms with Crippen LogP contribution in [0.1, 0.15) is 24.5 Å². The van der Waals surface area contributed by atoms with Crippen molar-refractivity contribution in [3.05, 3.63) is 47.8 Å². The summed E-state index contributed by atoms with van der Waals surface area (Å²) in [6.45, 7) is 6.06. The third-order valence-corrected chi connectivity index (χ3v) is 4.47. The largest absolute Gasteiger partial charge is 0.355 e. The van der Waals surface area contributed by atoms with Crippen LogP contribution >= 0.6 is 0 Å². The molecule has 1 aliphatic rings. The fraction of sp³-hybridized carbons (Fsp3) is 0.444. The number of aromatic nitrogens is 2. The second kappa shape index (κ2) is 7.15. The van der Waals surface area contributed by atoms with Gasteiger partial charge in [-0.2, -0.15) is 5.10 Å². The number of para-hydroxylation sites is 1. The molecule has 128 valence electrons. The van der Waals surface area contributed by atoms with Crippen LogP contribution in [-0.4, -0.2) is 45.8 Å². The lowest BCUT2D eigenvalue weighted by molar-refractivity contribution is -0.125. The molecule has 0 aliphatic carbocycles. The van der Waals surface area contributed by atoms with Gasteiger partial charge in [0.2, 0.25) is 5.91 Å². The second-order valence-electron chi connectivity index (χ2n) is 6.42. The minimum absolute atomic E-state index is 0.0454. The summed E-state index contributed by atoms with van der Waals surface area (Å²) in [6.07, 6.45) is 4.60. The number of likely N-dealkylation sites (N-methyl/N-ethyl adjacent to an activating group) is 1. The van der Waals surface area contributed by atoms with Crippen molar-refractivity contribution in [3.8, 4) is 5.69 Å². The Balaban J connectivity index is 1.74. The Hall–Kier alpha value is -2.18. The van der Waals surface area contributed by atoms with E-state index in [0.29, 0.717) is 19.5 Å². The first-order chi connectivity index (χ1) is 11.6. The molecule has 3 N–H and O–H groups in total. The highest BCUT2D eigenvalue weighted by Gasteiger charge is 2.34. The van der Waals surface area contributed by atoms with Crippen molar-refractivity contribution in [1.82, 2.24) is 20.0 Å². The summed E-state index contributed by atoms with van der Waals surface area (Å²) < 4.78 is 1.89. The number of hydrogen-bond donors (Lipinski definition) is 2. The standard InChI is InChI=1S/C18H25N5O/c1-3-20-18(24)17-8-15(19)12-22(17)10-14-9-21-23(11-14)16-7-5-4-6-13(16)2/h4-7,9,11,15,17H,3,8,10,12,19H2,1-2H3,(H,20,24)/t15-,17+/m1/s1. The molecular weight excluding hydrogens is 302 g/mol. The number of amides is 1. The van der Waals surface area contributed by atoms with Crippen molar-refractivity contribution < 1.29 is 4.79 Å². The molecule has 1 aromatic carbocycles. The van der Waals surface area contributed by atoms with E-state index in [0.717, 1.165) is 17.8 Å². The zero-order valence-corrected chi connectivity index (χ0v) is 14.3. The molecule has 6 nitrogen and oxygen atoms in total. The maximum Gasteiger partial charge on any atom is 0.237 e. The third-order valence-electron chi connectivity index (χ3n) is 4.47. The monoisotopic (exact) mass is 327 g/mol. The van der Waals surface area contributed by atoms with Gasteiger partial charge in [-0.05, 0) is 31.9 Å². The molecule has 24 heavy (non-hydrogen) atoms. The zero-order valence-electron chi connectivity index (χ0n) is 14.3. The predicted octanol–water partition coefficient (Wildman–Crippen LogP) is 1.22. The van der Waals surface area contributed by atoms with E-state index in [1.54, 1.807) is 0 Å². The van der Waals surface area contributed by atoms with E-state index in [4.69, 9.17) is 5.73 Å². The summed E-state index contributed by atoms with van der Waals surface area (Å²) in [7, 11) is 0. The number of nitrogens with one attached hydrogen (secondary N) is 1. The SMILES string of the molecule is CCNC(=O)[C@@H]1C[C@@H](N)CN1Cc1cnn(-c2ccccc2C)c1. The number of carbonyl (C=O) groups excluding carboxylic acids is 1. The van der Waals surface area contributed by atoms with Gasteiger partial charge in [-0.15, -0.1) is 0 Å². The fourth-order valence-electron chi connectivity index (χ4n) is 3.31. The Bertz CT molecular complexity index is 711. The normalized spacial score (nSPS) is 21.1. The Labute approximate surface area is 142 Å². The Kier molecular flexibility index (Phi) is 4.97. The van der Waals surface area contributed by atoms with Crippen molar-refractivity contribution in [2.45, 2.75) is 38.9 Å². The lowest BCUT2D eigenvalue weighted by Crippen LogP contribution is -2.42. The van der Waals surface area contributed by atoms with Crippen LogP contribution in [0.2, 0.25) is 0 Å². The number of nitrogens with zero attached hydrogens (tertiary/aromatic N) is 3. The average molecular weight is 327 g/mol. The molecule has 6 heteroatoms. The zero-order chi connectivity index (χ0) is 17.1. The first-order valence-electron chi connectivity index (χ1n) is 8.45. The number of hydrogen-bond acceptors (Lipinski definition) is 4. The highest BCUT2D eigenvalue weighted by Crippen LogP contribution is 2.21. The molecule has 2 atom stereocenters. The molecule has 2 aromatic rings. The van der Waals surface area contributed by atoms with Crippen LogP contribution in [0.4, 0.5) is 0 Å². The smallest absolute Gasteiger partial charge is 0.237 e. The van der Waals surface area contributed by atoms with Crippen LogP contribution in [-0.2, 0) is 11.3 Å². The van der Waals surface area contributed by atoms with E-state index < -0.39 is 0 Å². The van der Waals surface area contributed by atoms with Crippen molar-refractivity contribution in [2.75, 3.05) is 13.1 Å². The number of aryl methyl sites for hydroxylation is 1. The summed E-state index contributed by atoms with van der Waals surface area (Å²) in [5.41, 5.74) is 9.41. The summed E-state index contributed by atoms with van der Waals surface area (Å²) in [5, 5.41) is 7.38. The molecule has 1 amide bonds. The van der Waals surface area contributed by atoms with Crippen LogP contribution in [0, 0.1) is 6.92 Å². The minimum Gasteiger partial charge on any atom is -0.355 e. The van der Waals surface area contributed by atoms with E-state index in [2.05, 4.69) is 34.4 Å². The van der Waals surface area contributed by atoms with E-state index in [-0.39, 0.29) is 18.0 Å². The van der Waals surface area contributed by atoms with E-state index >= 15 is 0 Å². The van der Waals surface area contributed by atoms with Gasteiger partial charge in [0.25, 0.3) is 0 Å². The number of carbonyl (C=O) groups is 1. The van der Waals surface area contributed by atoms with Crippen LogP contribution in [0.15, 0.2) is 36.7 Å². The Morgan fingerprint density at radius 1 is 1.42 bits per heavy atom. The molecule has 3 rings (SSSR count). The molecule has 1 fully saturated rings. The molecule has 0 unspecified atom stereocenters. The lowest BCUT2D eigenvalue weighted by atomic mass is 10.1. The van der Waals surface area contributed by atoms with Gasteiger partial charge in [0.05, 0.1) is 17.9 Å². The summed E-state index contributed by atoms with van der Waals surface area (Å²) in [4.78, 5) is 14.4. The number of rotatable bonds is 5. The molecule has 0 spiro atoms. The molecule has 0 bridgehead atoms. The molecular formula is C18H25N5O. The summed E-state index contributed by atoms with van der Waals surface area (Å²) in [6, 6.07) is 8.04. The highest BCUT2D eigenvalue weighted by molar-refractivity contribution is 5.82. The van der Waals surface area contributed by atoms with Gasteiger partial charge in [0.15, 0.2) is 0 Å². The third kappa shape index (κ3) is 3.49. The summed E-state index contributed by atoms with van der Waals surface area (Å²) in [5.74, 6) is 0.0664. The van der Waals surface area contributed by atoms with Gasteiger partial charge in [-0.1, -0.05) is 18.2 Å². The molecule has 2 heterocycles. The van der Waals surface area contributed by atoms with Gasteiger partial charge < -0.3 is 11.1 Å². The van der Waals surface area contributed by atoms with Crippen LogP contribution < -0.4 is 11.1 Å². The molecule has 0 saturated carbocycles. The number of benzene rings is 1. The molecule has 1 aromatic heterocycles. The molecule has 1 saturated heterocycles. The van der Waals surface area contributed by atoms with Gasteiger partial charge in [0, 0.05) is 37.4 Å². The van der Waals surface area contributed by atoms with Crippen LogP contribution in [0.25, 0.3) is 5.69 Å². The van der Waals surface area contributed by atoms with Crippen molar-refractivity contribution in [3.63, 3.8) is 0 Å². The van der Waals surface area contributed by atoms with Crippen molar-refractivity contribution in [2.24, 2.45) is 5.73 Å². The lowest BCUT2D eigenvalue weighted by Gasteiger charge is -2.22. The van der Waals surface area contributed by atoms with Gasteiger partial charge in [-0.25, -0.2) is 4.68 Å². The van der Waals surface area contributed by atoms with E-state index in [9.17, 15) is 4.79 Å². The highest BCUT2D eigenvalue weighted by atomic mass is 16.2. The van der Waals surface area contributed by atoms with Gasteiger partial charge in [0.1, 0.15) is 0 Å². The number of likely N-dealkylation sites (tertiary alicyclic amines) is 1. The van der Waals surface area contributed by atoms with Crippen LogP contribution in [0.5, 0.6) is 0 Å². The van der Waals surface area contributed by atoms with Crippen molar-refractivity contribution in [1.29, 1.82) is 0 Å². The first kappa shape index (κ1) is 16.7. The number of nitrogens with two attached hydrogens (primary N) is 1. The maximum atomic E-state index is 12.2. The Morgan fingerprint density at radius 2 is 2.21 bits per heavy atom. The quantitative estimate of drug-likeness (QED) is 0.866.